The first kappa shape index (κ1) is 12.1. The molecule has 0 heterocycles. The van der Waals surface area contributed by atoms with Gasteiger partial charge in [0.1, 0.15) is 0 Å². The van der Waals surface area contributed by atoms with Crippen LogP contribution in [0.3, 0.4) is 0 Å². The van der Waals surface area contributed by atoms with E-state index in [1.165, 1.54) is 10.2 Å². The van der Waals surface area contributed by atoms with Crippen LogP contribution in [0.4, 0.5) is 0 Å². The van der Waals surface area contributed by atoms with Crippen molar-refractivity contribution < 1.29 is 0 Å². The van der Waals surface area contributed by atoms with Gasteiger partial charge >= 0.3 is 0 Å². The fourth-order valence-corrected chi connectivity index (χ4v) is 1.54. The maximum absolute atomic E-state index is 3.53. The smallest absolute Gasteiger partial charge is 0.0568 e. The molecule has 0 radical (unpaired) electrons. The summed E-state index contributed by atoms with van der Waals surface area (Å²) in [5.74, 6) is 0. The van der Waals surface area contributed by atoms with E-state index < -0.39 is 0 Å². The Morgan fingerprint density at radius 3 is 1.33 bits per heavy atom. The van der Waals surface area contributed by atoms with E-state index in [0.717, 1.165) is 5.54 Å². The lowest BCUT2D eigenvalue weighted by atomic mass is 10.2. The molecule has 0 aliphatic rings. The van der Waals surface area contributed by atoms with Gasteiger partial charge in [0, 0.05) is 22.3 Å². The summed E-state index contributed by atoms with van der Waals surface area (Å²) >= 11 is 0. The van der Waals surface area contributed by atoms with Crippen molar-refractivity contribution in [1.29, 1.82) is 0 Å². The van der Waals surface area contributed by atoms with Crippen LogP contribution in [0.25, 0.3) is 0 Å². The molecule has 0 aromatic heterocycles. The third kappa shape index (κ3) is 5.74. The van der Waals surface area contributed by atoms with Crippen LogP contribution in [0.5, 0.6) is 0 Å². The summed E-state index contributed by atoms with van der Waals surface area (Å²) in [5, 5.41) is 7.07. The lowest BCUT2D eigenvalue weighted by Crippen LogP contribution is -2.50. The van der Waals surface area contributed by atoms with Crippen LogP contribution in [0.1, 0.15) is 34.6 Å². The van der Waals surface area contributed by atoms with Gasteiger partial charge in [0.15, 0.2) is 0 Å². The van der Waals surface area contributed by atoms with Gasteiger partial charge < -0.3 is 0 Å². The topological polar surface area (TPSA) is 24.1 Å². The number of nitrogens with one attached hydrogen (secondary N) is 2. The van der Waals surface area contributed by atoms with Crippen LogP contribution in [-0.2, 0) is 0 Å². The minimum absolute atomic E-state index is 0.497. The molecule has 3 heteroatoms. The molecule has 0 fully saturated rings. The Morgan fingerprint density at radius 2 is 1.17 bits per heavy atom. The first-order valence-electron chi connectivity index (χ1n) is 4.95. The zero-order valence-corrected chi connectivity index (χ0v) is 11.3. The molecular weight excluding hydrogens is 164 g/mol. The van der Waals surface area contributed by atoms with Crippen LogP contribution in [0.2, 0.25) is 5.54 Å². The SMILES string of the molecule is CC(C)NC(NC(C)C)C(C)[SiH3]. The molecule has 0 aromatic rings. The Balaban J connectivity index is 3.87. The molecule has 1 unspecified atom stereocenters. The summed E-state index contributed by atoms with van der Waals surface area (Å²) in [7, 11) is 1.24. The van der Waals surface area contributed by atoms with Crippen molar-refractivity contribution in [2.24, 2.45) is 0 Å². The van der Waals surface area contributed by atoms with Crippen molar-refractivity contribution in [2.45, 2.75) is 58.4 Å². The monoisotopic (exact) mass is 188 g/mol. The third-order valence-corrected chi connectivity index (χ3v) is 2.36. The zero-order chi connectivity index (χ0) is 9.72. The standard InChI is InChI=1S/C9H24N2Si/c1-6(2)10-9(8(5)12)11-7(3)4/h6-11H,1-5,12H3. The molecule has 0 aromatic carbocycles. The second-order valence-electron chi connectivity index (χ2n) is 4.36. The van der Waals surface area contributed by atoms with E-state index in [4.69, 9.17) is 0 Å². The molecule has 2 nitrogen and oxygen atoms in total. The average Bonchev–Trinajstić information content (AvgIpc) is 1.83. The van der Waals surface area contributed by atoms with Crippen molar-refractivity contribution in [3.63, 3.8) is 0 Å². The fourth-order valence-electron chi connectivity index (χ4n) is 1.15. The van der Waals surface area contributed by atoms with Gasteiger partial charge in [-0.15, -0.1) is 0 Å². The Kier molecular flexibility index (Phi) is 5.79. The highest BCUT2D eigenvalue weighted by Crippen LogP contribution is 2.03. The molecule has 12 heavy (non-hydrogen) atoms. The van der Waals surface area contributed by atoms with Gasteiger partial charge in [-0.1, -0.05) is 6.92 Å². The summed E-state index contributed by atoms with van der Waals surface area (Å²) in [4.78, 5) is 0. The number of rotatable bonds is 5. The Morgan fingerprint density at radius 1 is 0.833 bits per heavy atom. The van der Waals surface area contributed by atoms with Crippen LogP contribution in [0, 0.1) is 0 Å². The minimum atomic E-state index is 0.497. The summed E-state index contributed by atoms with van der Waals surface area (Å²) in [6.45, 7) is 11.1. The van der Waals surface area contributed by atoms with E-state index in [9.17, 15) is 0 Å². The van der Waals surface area contributed by atoms with Crippen LogP contribution in [-0.4, -0.2) is 28.5 Å². The second kappa shape index (κ2) is 5.73. The van der Waals surface area contributed by atoms with E-state index in [2.05, 4.69) is 45.3 Å². The molecular formula is C9H24N2Si. The van der Waals surface area contributed by atoms with Gasteiger partial charge in [0.25, 0.3) is 0 Å². The molecule has 0 spiro atoms. The Labute approximate surface area is 79.9 Å². The van der Waals surface area contributed by atoms with Crippen molar-refractivity contribution in [3.05, 3.63) is 0 Å². The van der Waals surface area contributed by atoms with Gasteiger partial charge in [0.05, 0.1) is 6.17 Å². The molecule has 0 bridgehead atoms. The van der Waals surface area contributed by atoms with Gasteiger partial charge in [0.2, 0.25) is 0 Å². The maximum atomic E-state index is 3.53. The highest BCUT2D eigenvalue weighted by molar-refractivity contribution is 6.11. The van der Waals surface area contributed by atoms with Crippen molar-refractivity contribution >= 4 is 10.2 Å². The lowest BCUT2D eigenvalue weighted by Gasteiger charge is -2.28. The molecule has 1 atom stereocenters. The molecule has 0 saturated carbocycles. The van der Waals surface area contributed by atoms with E-state index in [-0.39, 0.29) is 0 Å². The summed E-state index contributed by atoms with van der Waals surface area (Å²) in [5.41, 5.74) is 0.773. The molecule has 0 aliphatic carbocycles. The van der Waals surface area contributed by atoms with E-state index in [1.807, 2.05) is 0 Å². The van der Waals surface area contributed by atoms with Gasteiger partial charge in [-0.2, -0.15) is 0 Å². The highest BCUT2D eigenvalue weighted by Gasteiger charge is 2.13. The molecule has 0 rings (SSSR count). The summed E-state index contributed by atoms with van der Waals surface area (Å²) < 4.78 is 0. The first-order chi connectivity index (χ1) is 5.43. The lowest BCUT2D eigenvalue weighted by molar-refractivity contribution is 0.358. The Bertz CT molecular complexity index is 103. The highest BCUT2D eigenvalue weighted by atomic mass is 28.1. The van der Waals surface area contributed by atoms with Gasteiger partial charge in [-0.25, -0.2) is 0 Å². The molecule has 0 amide bonds. The molecule has 2 N–H and O–H groups in total. The minimum Gasteiger partial charge on any atom is -0.300 e. The maximum Gasteiger partial charge on any atom is 0.0568 e. The third-order valence-electron chi connectivity index (χ3n) is 1.69. The van der Waals surface area contributed by atoms with Crippen LogP contribution >= 0.6 is 0 Å². The van der Waals surface area contributed by atoms with Crippen molar-refractivity contribution in [3.8, 4) is 0 Å². The van der Waals surface area contributed by atoms with Crippen molar-refractivity contribution in [1.82, 2.24) is 10.6 Å². The molecule has 74 valence electrons. The quantitative estimate of drug-likeness (QED) is 0.484. The van der Waals surface area contributed by atoms with Crippen LogP contribution in [0.15, 0.2) is 0 Å². The normalized spacial score (nSPS) is 15.0. The first-order valence-corrected chi connectivity index (χ1v) is 6.11. The predicted octanol–water partition coefficient (Wildman–Crippen LogP) is 0.482. The summed E-state index contributed by atoms with van der Waals surface area (Å²) in [6.07, 6.45) is 0.497. The summed E-state index contributed by atoms with van der Waals surface area (Å²) in [6, 6.07) is 1.13. The van der Waals surface area contributed by atoms with E-state index in [0.29, 0.717) is 18.2 Å². The van der Waals surface area contributed by atoms with Crippen molar-refractivity contribution in [2.75, 3.05) is 0 Å². The van der Waals surface area contributed by atoms with Crippen LogP contribution < -0.4 is 10.6 Å². The molecule has 0 aliphatic heterocycles. The number of hydrogen-bond donors (Lipinski definition) is 2. The predicted molar refractivity (Wildman–Crippen MR) is 59.7 cm³/mol. The van der Waals surface area contributed by atoms with E-state index in [1.54, 1.807) is 0 Å². The average molecular weight is 188 g/mol. The molecule has 0 saturated heterocycles. The fraction of sp³-hybridized carbons (Fsp3) is 1.00. The Hall–Kier alpha value is 0.137. The zero-order valence-electron chi connectivity index (χ0n) is 9.31. The van der Waals surface area contributed by atoms with Gasteiger partial charge in [-0.05, 0) is 33.2 Å². The largest absolute Gasteiger partial charge is 0.300 e. The van der Waals surface area contributed by atoms with Gasteiger partial charge in [-0.3, -0.25) is 10.6 Å². The second-order valence-corrected chi connectivity index (χ2v) is 6.19. The number of hydrogen-bond acceptors (Lipinski definition) is 2. The van der Waals surface area contributed by atoms with E-state index >= 15 is 0 Å².